The lowest BCUT2D eigenvalue weighted by Gasteiger charge is -2.05. The van der Waals surface area contributed by atoms with Gasteiger partial charge in [-0.2, -0.15) is 0 Å². The highest BCUT2D eigenvalue weighted by Gasteiger charge is 2.23. The molecular weight excluding hydrogens is 180 g/mol. The van der Waals surface area contributed by atoms with Crippen LogP contribution in [0.5, 0.6) is 0 Å². The SMILES string of the molecule is CC1SC(N)N=C1c1ccccc1. The van der Waals surface area contributed by atoms with E-state index in [1.54, 1.807) is 11.8 Å². The van der Waals surface area contributed by atoms with E-state index < -0.39 is 0 Å². The van der Waals surface area contributed by atoms with Gasteiger partial charge < -0.3 is 5.73 Å². The second-order valence-electron chi connectivity index (χ2n) is 3.05. The monoisotopic (exact) mass is 192 g/mol. The number of benzene rings is 1. The molecule has 0 saturated heterocycles. The van der Waals surface area contributed by atoms with Gasteiger partial charge >= 0.3 is 0 Å². The van der Waals surface area contributed by atoms with Crippen molar-refractivity contribution in [3.8, 4) is 0 Å². The van der Waals surface area contributed by atoms with E-state index in [1.165, 1.54) is 5.56 Å². The minimum Gasteiger partial charge on any atom is -0.301 e. The van der Waals surface area contributed by atoms with Crippen molar-refractivity contribution < 1.29 is 0 Å². The zero-order valence-electron chi connectivity index (χ0n) is 7.47. The highest BCUT2D eigenvalue weighted by molar-refractivity contribution is 8.01. The number of thioether (sulfide) groups is 1. The van der Waals surface area contributed by atoms with Gasteiger partial charge in [-0.25, -0.2) is 0 Å². The van der Waals surface area contributed by atoms with Crippen LogP contribution in [0.15, 0.2) is 35.3 Å². The summed E-state index contributed by atoms with van der Waals surface area (Å²) >= 11 is 1.70. The zero-order chi connectivity index (χ0) is 9.26. The molecule has 0 aliphatic carbocycles. The van der Waals surface area contributed by atoms with Crippen LogP contribution in [0, 0.1) is 0 Å². The summed E-state index contributed by atoms with van der Waals surface area (Å²) in [6, 6.07) is 10.2. The van der Waals surface area contributed by atoms with Crippen molar-refractivity contribution in [3.63, 3.8) is 0 Å². The second-order valence-corrected chi connectivity index (χ2v) is 4.51. The first-order chi connectivity index (χ1) is 6.27. The van der Waals surface area contributed by atoms with Crippen LogP contribution >= 0.6 is 11.8 Å². The minimum atomic E-state index is -0.0785. The third kappa shape index (κ3) is 1.76. The number of nitrogens with zero attached hydrogens (tertiary/aromatic N) is 1. The molecule has 0 aromatic heterocycles. The highest BCUT2D eigenvalue weighted by atomic mass is 32.2. The van der Waals surface area contributed by atoms with Gasteiger partial charge in [0.1, 0.15) is 5.50 Å². The number of hydrogen-bond donors (Lipinski definition) is 1. The van der Waals surface area contributed by atoms with Gasteiger partial charge in [0.15, 0.2) is 0 Å². The summed E-state index contributed by atoms with van der Waals surface area (Å²) in [5.74, 6) is 0. The van der Waals surface area contributed by atoms with E-state index >= 15 is 0 Å². The Kier molecular flexibility index (Phi) is 2.38. The molecule has 2 atom stereocenters. The zero-order valence-corrected chi connectivity index (χ0v) is 8.29. The van der Waals surface area contributed by atoms with Crippen LogP contribution in [0.2, 0.25) is 0 Å². The third-order valence-electron chi connectivity index (χ3n) is 2.06. The van der Waals surface area contributed by atoms with E-state index in [1.807, 2.05) is 18.2 Å². The average Bonchev–Trinajstić information content (AvgIpc) is 2.47. The number of hydrogen-bond acceptors (Lipinski definition) is 3. The molecule has 0 saturated carbocycles. The molecule has 3 heteroatoms. The predicted molar refractivity (Wildman–Crippen MR) is 58.0 cm³/mol. The Morgan fingerprint density at radius 3 is 2.54 bits per heavy atom. The molecule has 1 heterocycles. The standard InChI is InChI=1S/C10H12N2S/c1-7-9(12-10(11)13-7)8-5-3-2-4-6-8/h2-7,10H,11H2,1H3. The Morgan fingerprint density at radius 1 is 1.31 bits per heavy atom. The van der Waals surface area contributed by atoms with E-state index in [4.69, 9.17) is 5.73 Å². The fourth-order valence-electron chi connectivity index (χ4n) is 1.46. The fraction of sp³-hybridized carbons (Fsp3) is 0.300. The summed E-state index contributed by atoms with van der Waals surface area (Å²) < 4.78 is 0. The van der Waals surface area contributed by atoms with E-state index in [9.17, 15) is 0 Å². The lowest BCUT2D eigenvalue weighted by atomic mass is 10.1. The quantitative estimate of drug-likeness (QED) is 0.737. The van der Waals surface area contributed by atoms with E-state index in [0.29, 0.717) is 5.25 Å². The van der Waals surface area contributed by atoms with Crippen LogP contribution in [-0.2, 0) is 0 Å². The average molecular weight is 192 g/mol. The minimum absolute atomic E-state index is 0.0785. The molecule has 1 aromatic carbocycles. The van der Waals surface area contributed by atoms with Crippen molar-refractivity contribution in [2.24, 2.45) is 10.7 Å². The highest BCUT2D eigenvalue weighted by Crippen LogP contribution is 2.27. The van der Waals surface area contributed by atoms with E-state index in [0.717, 1.165) is 5.71 Å². The Bertz CT molecular complexity index is 321. The van der Waals surface area contributed by atoms with Crippen LogP contribution in [0.25, 0.3) is 0 Å². The fourth-order valence-corrected chi connectivity index (χ4v) is 2.38. The van der Waals surface area contributed by atoms with Crippen molar-refractivity contribution in [1.29, 1.82) is 0 Å². The van der Waals surface area contributed by atoms with Gasteiger partial charge in [-0.1, -0.05) is 30.3 Å². The summed E-state index contributed by atoms with van der Waals surface area (Å²) in [5.41, 5.74) is 7.96. The van der Waals surface area contributed by atoms with Crippen LogP contribution in [0.4, 0.5) is 0 Å². The molecule has 68 valence electrons. The van der Waals surface area contributed by atoms with Crippen LogP contribution in [0.1, 0.15) is 12.5 Å². The van der Waals surface area contributed by atoms with Gasteiger partial charge in [-0.3, -0.25) is 4.99 Å². The van der Waals surface area contributed by atoms with Crippen molar-refractivity contribution in [3.05, 3.63) is 35.9 Å². The van der Waals surface area contributed by atoms with Crippen molar-refractivity contribution >= 4 is 17.5 Å². The molecule has 0 bridgehead atoms. The van der Waals surface area contributed by atoms with Gasteiger partial charge in [0, 0.05) is 5.25 Å². The van der Waals surface area contributed by atoms with Crippen LogP contribution in [0.3, 0.4) is 0 Å². The number of nitrogens with two attached hydrogens (primary N) is 1. The summed E-state index contributed by atoms with van der Waals surface area (Å²) in [6.07, 6.45) is 0. The normalized spacial score (nSPS) is 27.4. The molecular formula is C10H12N2S. The molecule has 1 aromatic rings. The predicted octanol–water partition coefficient (Wildman–Crippen LogP) is 1.85. The summed E-state index contributed by atoms with van der Waals surface area (Å²) in [5, 5.41) is 0.414. The molecule has 2 nitrogen and oxygen atoms in total. The Balaban J connectivity index is 2.32. The number of aliphatic imine (C=N–C) groups is 1. The summed E-state index contributed by atoms with van der Waals surface area (Å²) in [4.78, 5) is 4.40. The molecule has 0 fully saturated rings. The van der Waals surface area contributed by atoms with E-state index in [-0.39, 0.29) is 5.50 Å². The second kappa shape index (κ2) is 3.52. The Labute approximate surface area is 82.2 Å². The molecule has 0 amide bonds. The molecule has 2 rings (SSSR count). The maximum Gasteiger partial charge on any atom is 0.145 e. The molecule has 2 N–H and O–H groups in total. The summed E-state index contributed by atoms with van der Waals surface area (Å²) in [7, 11) is 0. The Morgan fingerprint density at radius 2 is 2.00 bits per heavy atom. The summed E-state index contributed by atoms with van der Waals surface area (Å²) in [6.45, 7) is 2.14. The lowest BCUT2D eigenvalue weighted by Crippen LogP contribution is -2.10. The molecule has 1 aliphatic heterocycles. The largest absolute Gasteiger partial charge is 0.301 e. The van der Waals surface area contributed by atoms with Crippen molar-refractivity contribution in [2.75, 3.05) is 0 Å². The first kappa shape index (κ1) is 8.78. The smallest absolute Gasteiger partial charge is 0.145 e. The van der Waals surface area contributed by atoms with Crippen LogP contribution < -0.4 is 5.73 Å². The van der Waals surface area contributed by atoms with Gasteiger partial charge in [0.05, 0.1) is 5.71 Å². The van der Waals surface area contributed by atoms with Gasteiger partial charge in [0.25, 0.3) is 0 Å². The number of rotatable bonds is 1. The molecule has 0 spiro atoms. The first-order valence-electron chi connectivity index (χ1n) is 4.31. The van der Waals surface area contributed by atoms with Gasteiger partial charge in [-0.05, 0) is 12.5 Å². The molecule has 1 aliphatic rings. The van der Waals surface area contributed by atoms with Crippen LogP contribution in [-0.4, -0.2) is 16.5 Å². The maximum atomic E-state index is 5.73. The molecule has 2 unspecified atom stereocenters. The van der Waals surface area contributed by atoms with Gasteiger partial charge in [-0.15, -0.1) is 11.8 Å². The first-order valence-corrected chi connectivity index (χ1v) is 5.26. The van der Waals surface area contributed by atoms with E-state index in [2.05, 4.69) is 24.0 Å². The maximum absolute atomic E-state index is 5.73. The molecule has 13 heavy (non-hydrogen) atoms. The Hall–Kier alpha value is -0.800. The topological polar surface area (TPSA) is 38.4 Å². The van der Waals surface area contributed by atoms with Gasteiger partial charge in [0.2, 0.25) is 0 Å². The lowest BCUT2D eigenvalue weighted by molar-refractivity contribution is 1.00. The molecule has 0 radical (unpaired) electrons. The van der Waals surface area contributed by atoms with Crippen molar-refractivity contribution in [2.45, 2.75) is 17.7 Å². The van der Waals surface area contributed by atoms with Crippen molar-refractivity contribution in [1.82, 2.24) is 0 Å². The third-order valence-corrected chi connectivity index (χ3v) is 3.08.